The van der Waals surface area contributed by atoms with Gasteiger partial charge < -0.3 is 19.9 Å². The van der Waals surface area contributed by atoms with E-state index in [1.54, 1.807) is 19.5 Å². The summed E-state index contributed by atoms with van der Waals surface area (Å²) < 4.78 is 11.2. The van der Waals surface area contributed by atoms with Crippen molar-refractivity contribution in [3.63, 3.8) is 0 Å². The molecule has 0 spiro atoms. The van der Waals surface area contributed by atoms with Crippen LogP contribution in [0, 0.1) is 0 Å². The molecule has 0 amide bonds. The number of benzene rings is 1. The summed E-state index contributed by atoms with van der Waals surface area (Å²) in [6, 6.07) is 6.31. The van der Waals surface area contributed by atoms with Gasteiger partial charge in [0.05, 0.1) is 32.5 Å². The lowest BCUT2D eigenvalue weighted by atomic mass is 9.95. The molecular weight excluding hydrogens is 344 g/mol. The van der Waals surface area contributed by atoms with Crippen LogP contribution in [0.5, 0.6) is 5.75 Å². The molecule has 0 radical (unpaired) electrons. The molecule has 1 saturated heterocycles. The first-order chi connectivity index (χ1) is 13.1. The molecule has 3 rings (SSSR count). The minimum Gasteiger partial charge on any atom is -0.496 e. The maximum absolute atomic E-state index is 10.0. The quantitative estimate of drug-likeness (QED) is 0.759. The molecule has 2 N–H and O–H groups in total. The minimum atomic E-state index is -0.421. The van der Waals surface area contributed by atoms with Crippen molar-refractivity contribution in [2.24, 2.45) is 0 Å². The monoisotopic (exact) mass is 372 g/mol. The summed E-state index contributed by atoms with van der Waals surface area (Å²) in [6.07, 6.45) is 5.11. The van der Waals surface area contributed by atoms with E-state index in [9.17, 15) is 5.11 Å². The number of morpholine rings is 1. The maximum Gasteiger partial charge on any atom is 0.123 e. The molecule has 1 fully saturated rings. The fourth-order valence-electron chi connectivity index (χ4n) is 3.46. The van der Waals surface area contributed by atoms with Crippen LogP contribution in [-0.4, -0.2) is 72.1 Å². The molecule has 0 aliphatic carbocycles. The van der Waals surface area contributed by atoms with E-state index in [1.807, 2.05) is 19.2 Å². The summed E-state index contributed by atoms with van der Waals surface area (Å²) >= 11 is 0. The van der Waals surface area contributed by atoms with Crippen molar-refractivity contribution >= 4 is 0 Å². The van der Waals surface area contributed by atoms with Crippen molar-refractivity contribution < 1.29 is 14.6 Å². The highest BCUT2D eigenvalue weighted by atomic mass is 16.5. The van der Waals surface area contributed by atoms with Gasteiger partial charge in [0, 0.05) is 42.7 Å². The van der Waals surface area contributed by atoms with Crippen LogP contribution in [0.3, 0.4) is 0 Å². The Hall–Kier alpha value is -2.06. The van der Waals surface area contributed by atoms with Crippen molar-refractivity contribution in [1.29, 1.82) is 0 Å². The second-order valence-corrected chi connectivity index (χ2v) is 7.11. The Morgan fingerprint density at radius 1 is 1.33 bits per heavy atom. The first-order valence-corrected chi connectivity index (χ1v) is 9.14. The average Bonchev–Trinajstić information content (AvgIpc) is 2.72. The molecule has 7 nitrogen and oxygen atoms in total. The Kier molecular flexibility index (Phi) is 6.38. The molecule has 2 heterocycles. The summed E-state index contributed by atoms with van der Waals surface area (Å²) in [6.45, 7) is 4.58. The largest absolute Gasteiger partial charge is 0.496 e. The molecule has 1 aromatic heterocycles. The predicted molar refractivity (Wildman–Crippen MR) is 104 cm³/mol. The van der Waals surface area contributed by atoms with Gasteiger partial charge in [0.25, 0.3) is 0 Å². The smallest absolute Gasteiger partial charge is 0.123 e. The van der Waals surface area contributed by atoms with Crippen LogP contribution in [0.1, 0.15) is 12.5 Å². The molecule has 0 unspecified atom stereocenters. The van der Waals surface area contributed by atoms with Crippen LogP contribution < -0.4 is 10.1 Å². The van der Waals surface area contributed by atoms with E-state index >= 15 is 0 Å². The lowest BCUT2D eigenvalue weighted by Gasteiger charge is -2.47. The number of nitrogens with zero attached hydrogens (tertiary/aromatic N) is 3. The average molecular weight is 372 g/mol. The summed E-state index contributed by atoms with van der Waals surface area (Å²) in [4.78, 5) is 10.4. The summed E-state index contributed by atoms with van der Waals surface area (Å²) in [5.74, 6) is 0.822. The van der Waals surface area contributed by atoms with Gasteiger partial charge in [-0.15, -0.1) is 0 Å². The van der Waals surface area contributed by atoms with Gasteiger partial charge in [0.2, 0.25) is 0 Å². The number of nitrogens with one attached hydrogen (secondary N) is 1. The third kappa shape index (κ3) is 4.27. The highest BCUT2D eigenvalue weighted by Crippen LogP contribution is 2.26. The van der Waals surface area contributed by atoms with E-state index < -0.39 is 5.54 Å². The highest BCUT2D eigenvalue weighted by Gasteiger charge is 2.40. The Labute approximate surface area is 160 Å². The van der Waals surface area contributed by atoms with E-state index in [4.69, 9.17) is 9.47 Å². The number of likely N-dealkylation sites (N-methyl/N-ethyl adjacent to an activating group) is 1. The van der Waals surface area contributed by atoms with Crippen LogP contribution in [0.15, 0.2) is 36.9 Å². The topological polar surface area (TPSA) is 79.7 Å². The zero-order valence-electron chi connectivity index (χ0n) is 16.2. The van der Waals surface area contributed by atoms with Crippen molar-refractivity contribution in [2.75, 3.05) is 40.5 Å². The third-order valence-corrected chi connectivity index (χ3v) is 5.38. The van der Waals surface area contributed by atoms with E-state index in [-0.39, 0.29) is 12.6 Å². The zero-order valence-corrected chi connectivity index (χ0v) is 16.2. The molecule has 1 aliphatic rings. The maximum atomic E-state index is 10.0. The number of aliphatic hydroxyl groups is 1. The van der Waals surface area contributed by atoms with E-state index in [2.05, 4.69) is 33.2 Å². The van der Waals surface area contributed by atoms with Gasteiger partial charge in [-0.05, 0) is 31.7 Å². The lowest BCUT2D eigenvalue weighted by molar-refractivity contribution is -0.106. The first-order valence-electron chi connectivity index (χ1n) is 9.14. The Morgan fingerprint density at radius 2 is 2.11 bits per heavy atom. The zero-order chi connectivity index (χ0) is 19.3. The fourth-order valence-corrected chi connectivity index (χ4v) is 3.46. The standard InChI is InChI=1S/C20H28N4O3/c1-15-10-27-13-20(12-25,24(15)2)11-21-7-17-6-16(4-5-19(17)26-3)18-8-22-14-23-9-18/h4-6,8-9,14-15,21,25H,7,10-13H2,1-3H3/t15-,20+/m1/s1. The van der Waals surface area contributed by atoms with Gasteiger partial charge in [-0.1, -0.05) is 6.07 Å². The van der Waals surface area contributed by atoms with Gasteiger partial charge in [0.15, 0.2) is 0 Å². The van der Waals surface area contributed by atoms with Crippen LogP contribution in [0.4, 0.5) is 0 Å². The van der Waals surface area contributed by atoms with E-state index in [0.717, 1.165) is 22.4 Å². The van der Waals surface area contributed by atoms with Gasteiger partial charge in [-0.2, -0.15) is 0 Å². The Morgan fingerprint density at radius 3 is 2.81 bits per heavy atom. The van der Waals surface area contributed by atoms with Crippen LogP contribution in [0.25, 0.3) is 11.1 Å². The Balaban J connectivity index is 1.73. The predicted octanol–water partition coefficient (Wildman–Crippen LogP) is 1.32. The van der Waals surface area contributed by atoms with Crippen molar-refractivity contribution in [2.45, 2.75) is 25.0 Å². The number of aliphatic hydroxyl groups excluding tert-OH is 1. The highest BCUT2D eigenvalue weighted by molar-refractivity contribution is 5.64. The fraction of sp³-hybridized carbons (Fsp3) is 0.500. The molecule has 7 heteroatoms. The van der Waals surface area contributed by atoms with Crippen molar-refractivity contribution in [1.82, 2.24) is 20.2 Å². The van der Waals surface area contributed by atoms with Gasteiger partial charge in [0.1, 0.15) is 12.1 Å². The van der Waals surface area contributed by atoms with Crippen molar-refractivity contribution in [3.8, 4) is 16.9 Å². The summed E-state index contributed by atoms with van der Waals surface area (Å²) in [5.41, 5.74) is 2.62. The van der Waals surface area contributed by atoms with Crippen LogP contribution >= 0.6 is 0 Å². The number of methoxy groups -OCH3 is 1. The molecule has 0 bridgehead atoms. The second kappa shape index (κ2) is 8.75. The normalized spacial score (nSPS) is 23.3. The second-order valence-electron chi connectivity index (χ2n) is 7.11. The molecule has 1 aliphatic heterocycles. The molecule has 146 valence electrons. The minimum absolute atomic E-state index is 0.0410. The molecule has 0 saturated carbocycles. The van der Waals surface area contributed by atoms with E-state index in [1.165, 1.54) is 6.33 Å². The Bertz CT molecular complexity index is 743. The van der Waals surface area contributed by atoms with Crippen LogP contribution in [-0.2, 0) is 11.3 Å². The van der Waals surface area contributed by atoms with Gasteiger partial charge in [-0.25, -0.2) is 9.97 Å². The SMILES string of the molecule is COc1ccc(-c2cncnc2)cc1CNC[C@]1(CO)COC[C@@H](C)N1C. The number of rotatable bonds is 7. The summed E-state index contributed by atoms with van der Waals surface area (Å²) in [5, 5.41) is 13.5. The van der Waals surface area contributed by atoms with E-state index in [0.29, 0.717) is 26.3 Å². The molecule has 2 atom stereocenters. The molecule has 1 aromatic carbocycles. The number of ether oxygens (including phenoxy) is 2. The number of hydrogen-bond acceptors (Lipinski definition) is 7. The van der Waals surface area contributed by atoms with Gasteiger partial charge >= 0.3 is 0 Å². The molecular formula is C20H28N4O3. The molecule has 2 aromatic rings. The van der Waals surface area contributed by atoms with Crippen molar-refractivity contribution in [3.05, 3.63) is 42.5 Å². The van der Waals surface area contributed by atoms with Crippen LogP contribution in [0.2, 0.25) is 0 Å². The van der Waals surface area contributed by atoms with Gasteiger partial charge in [-0.3, -0.25) is 4.90 Å². The summed E-state index contributed by atoms with van der Waals surface area (Å²) in [7, 11) is 3.71. The lowest BCUT2D eigenvalue weighted by Crippen LogP contribution is -2.65. The number of hydrogen-bond donors (Lipinski definition) is 2. The third-order valence-electron chi connectivity index (χ3n) is 5.38. The molecule has 27 heavy (non-hydrogen) atoms. The first kappa shape index (κ1) is 19.7. The number of aromatic nitrogens is 2.